The molecule has 0 aliphatic carbocycles. The van der Waals surface area contributed by atoms with Crippen LogP contribution in [0.2, 0.25) is 0 Å². The van der Waals surface area contributed by atoms with Crippen LogP contribution in [-0.2, 0) is 17.1 Å². The molecule has 6 nitrogen and oxygen atoms in total. The second-order valence-corrected chi connectivity index (χ2v) is 7.43. The summed E-state index contributed by atoms with van der Waals surface area (Å²) in [5.74, 6) is 0.813. The second-order valence-electron chi connectivity index (χ2n) is 6.42. The van der Waals surface area contributed by atoms with Crippen molar-refractivity contribution in [3.8, 4) is 0 Å². The molecule has 0 aliphatic heterocycles. The third-order valence-electron chi connectivity index (χ3n) is 4.72. The van der Waals surface area contributed by atoms with Crippen molar-refractivity contribution in [3.05, 3.63) is 70.4 Å². The van der Waals surface area contributed by atoms with Gasteiger partial charge in [-0.2, -0.15) is 0 Å². The Morgan fingerprint density at radius 2 is 1.79 bits per heavy atom. The van der Waals surface area contributed by atoms with Gasteiger partial charge in [-0.05, 0) is 25.5 Å². The molecule has 0 unspecified atom stereocenters. The van der Waals surface area contributed by atoms with E-state index in [1.165, 1.54) is 12.1 Å². The van der Waals surface area contributed by atoms with Gasteiger partial charge < -0.3 is 9.47 Å². The minimum Gasteiger partial charge on any atom is -0.342 e. The van der Waals surface area contributed by atoms with Gasteiger partial charge in [-0.15, -0.1) is 11.8 Å². The first-order chi connectivity index (χ1) is 13.5. The lowest BCUT2D eigenvalue weighted by Gasteiger charge is -2.19. The monoisotopic (exact) mass is 397 g/mol. The van der Waals surface area contributed by atoms with Crippen molar-refractivity contribution in [2.75, 3.05) is 13.1 Å². The average Bonchev–Trinajstić information content (AvgIpc) is 3.05. The lowest BCUT2D eigenvalue weighted by atomic mass is 10.2. The van der Waals surface area contributed by atoms with Crippen LogP contribution in [0.3, 0.4) is 0 Å². The Bertz CT molecular complexity index is 978. The SMILES string of the molecule is CCN(CC)C(=O)Cn1cc(SCc2ccc([N+](=O)[O-])cc2)c2ccccc21. The molecular weight excluding hydrogens is 374 g/mol. The number of carbonyl (C=O) groups is 1. The highest BCUT2D eigenvalue weighted by atomic mass is 32.2. The van der Waals surface area contributed by atoms with Gasteiger partial charge in [0.15, 0.2) is 0 Å². The number of likely N-dealkylation sites (N-methyl/N-ethyl adjacent to an activating group) is 1. The Morgan fingerprint density at radius 1 is 1.11 bits per heavy atom. The minimum absolute atomic E-state index is 0.0975. The summed E-state index contributed by atoms with van der Waals surface area (Å²) in [6, 6.07) is 14.7. The molecule has 28 heavy (non-hydrogen) atoms. The van der Waals surface area contributed by atoms with Gasteiger partial charge in [0.25, 0.3) is 5.69 Å². The molecule has 0 radical (unpaired) electrons. The number of carbonyl (C=O) groups excluding carboxylic acids is 1. The predicted octanol–water partition coefficient (Wildman–Crippen LogP) is 4.71. The van der Waals surface area contributed by atoms with Crippen molar-refractivity contribution in [2.45, 2.75) is 31.0 Å². The smallest absolute Gasteiger partial charge is 0.269 e. The number of para-hydroxylation sites is 1. The summed E-state index contributed by atoms with van der Waals surface area (Å²) >= 11 is 1.67. The summed E-state index contributed by atoms with van der Waals surface area (Å²) in [5.41, 5.74) is 2.15. The molecule has 0 saturated heterocycles. The lowest BCUT2D eigenvalue weighted by Crippen LogP contribution is -2.33. The molecule has 0 bridgehead atoms. The van der Waals surface area contributed by atoms with Crippen molar-refractivity contribution in [3.63, 3.8) is 0 Å². The maximum atomic E-state index is 12.5. The van der Waals surface area contributed by atoms with E-state index in [0.29, 0.717) is 25.4 Å². The molecule has 0 atom stereocenters. The number of benzene rings is 2. The number of rotatable bonds is 8. The maximum Gasteiger partial charge on any atom is 0.269 e. The summed E-state index contributed by atoms with van der Waals surface area (Å²) in [7, 11) is 0. The van der Waals surface area contributed by atoms with Crippen molar-refractivity contribution < 1.29 is 9.72 Å². The molecule has 3 aromatic rings. The molecule has 1 aromatic heterocycles. The van der Waals surface area contributed by atoms with Crippen LogP contribution in [0.1, 0.15) is 19.4 Å². The van der Waals surface area contributed by atoms with Crippen LogP contribution in [0.4, 0.5) is 5.69 Å². The molecule has 1 heterocycles. The Hall–Kier alpha value is -2.80. The lowest BCUT2D eigenvalue weighted by molar-refractivity contribution is -0.384. The number of hydrogen-bond donors (Lipinski definition) is 0. The Kier molecular flexibility index (Phi) is 6.36. The first kappa shape index (κ1) is 19.9. The van der Waals surface area contributed by atoms with Gasteiger partial charge in [0.05, 0.1) is 4.92 Å². The van der Waals surface area contributed by atoms with Crippen molar-refractivity contribution in [1.29, 1.82) is 0 Å². The van der Waals surface area contributed by atoms with E-state index in [1.807, 2.05) is 47.7 Å². The molecule has 0 N–H and O–H groups in total. The van der Waals surface area contributed by atoms with E-state index in [9.17, 15) is 14.9 Å². The van der Waals surface area contributed by atoms with Crippen LogP contribution in [0.25, 0.3) is 10.9 Å². The number of non-ortho nitro benzene ring substituents is 1. The van der Waals surface area contributed by atoms with Crippen LogP contribution in [0.5, 0.6) is 0 Å². The molecule has 0 fully saturated rings. The van der Waals surface area contributed by atoms with E-state index < -0.39 is 4.92 Å². The van der Waals surface area contributed by atoms with Gasteiger partial charge in [-0.3, -0.25) is 14.9 Å². The molecule has 3 rings (SSSR count). The van der Waals surface area contributed by atoms with Crippen LogP contribution in [0.15, 0.2) is 59.6 Å². The van der Waals surface area contributed by atoms with Crippen LogP contribution >= 0.6 is 11.8 Å². The molecular formula is C21H23N3O3S. The second kappa shape index (κ2) is 8.93. The largest absolute Gasteiger partial charge is 0.342 e. The minimum atomic E-state index is -0.391. The van der Waals surface area contributed by atoms with E-state index in [2.05, 4.69) is 6.07 Å². The number of nitro groups is 1. The summed E-state index contributed by atoms with van der Waals surface area (Å²) < 4.78 is 2.01. The maximum absolute atomic E-state index is 12.5. The van der Waals surface area contributed by atoms with Gasteiger partial charge in [-0.25, -0.2) is 0 Å². The topological polar surface area (TPSA) is 68.4 Å². The number of nitro benzene ring substituents is 1. The van der Waals surface area contributed by atoms with Crippen molar-refractivity contribution in [1.82, 2.24) is 9.47 Å². The summed E-state index contributed by atoms with van der Waals surface area (Å²) in [6.45, 7) is 5.70. The Morgan fingerprint density at radius 3 is 2.43 bits per heavy atom. The highest BCUT2D eigenvalue weighted by Crippen LogP contribution is 2.32. The Balaban J connectivity index is 1.80. The van der Waals surface area contributed by atoms with E-state index in [1.54, 1.807) is 23.9 Å². The fourth-order valence-electron chi connectivity index (χ4n) is 3.16. The first-order valence-electron chi connectivity index (χ1n) is 9.25. The average molecular weight is 398 g/mol. The third kappa shape index (κ3) is 4.36. The first-order valence-corrected chi connectivity index (χ1v) is 10.2. The highest BCUT2D eigenvalue weighted by molar-refractivity contribution is 7.98. The van der Waals surface area contributed by atoms with E-state index >= 15 is 0 Å². The van der Waals surface area contributed by atoms with Crippen LogP contribution in [-0.4, -0.2) is 33.4 Å². The number of aromatic nitrogens is 1. The summed E-state index contributed by atoms with van der Waals surface area (Å²) in [4.78, 5) is 25.9. The van der Waals surface area contributed by atoms with E-state index in [0.717, 1.165) is 21.4 Å². The zero-order chi connectivity index (χ0) is 20.1. The fourth-order valence-corrected chi connectivity index (χ4v) is 4.20. The highest BCUT2D eigenvalue weighted by Gasteiger charge is 2.15. The molecule has 1 amide bonds. The fraction of sp³-hybridized carbons (Fsp3) is 0.286. The zero-order valence-corrected chi connectivity index (χ0v) is 16.8. The van der Waals surface area contributed by atoms with E-state index in [4.69, 9.17) is 0 Å². The number of amides is 1. The number of nitrogens with zero attached hydrogens (tertiary/aromatic N) is 3. The van der Waals surface area contributed by atoms with Crippen LogP contribution < -0.4 is 0 Å². The van der Waals surface area contributed by atoms with Crippen molar-refractivity contribution in [2.24, 2.45) is 0 Å². The van der Waals surface area contributed by atoms with Gasteiger partial charge in [-0.1, -0.05) is 30.3 Å². The van der Waals surface area contributed by atoms with Gasteiger partial charge in [0.1, 0.15) is 6.54 Å². The van der Waals surface area contributed by atoms with Gasteiger partial charge in [0, 0.05) is 53.0 Å². The third-order valence-corrected chi connectivity index (χ3v) is 5.83. The number of hydrogen-bond acceptors (Lipinski definition) is 4. The molecule has 0 aliphatic rings. The van der Waals surface area contributed by atoms with Crippen LogP contribution in [0, 0.1) is 10.1 Å². The van der Waals surface area contributed by atoms with Crippen molar-refractivity contribution >= 4 is 34.3 Å². The Labute approximate surface area is 168 Å². The molecule has 7 heteroatoms. The normalized spacial score (nSPS) is 10.9. The summed E-state index contributed by atoms with van der Waals surface area (Å²) in [5, 5.41) is 11.9. The van der Waals surface area contributed by atoms with Gasteiger partial charge >= 0.3 is 0 Å². The van der Waals surface area contributed by atoms with Gasteiger partial charge in [0.2, 0.25) is 5.91 Å². The molecule has 2 aromatic carbocycles. The zero-order valence-electron chi connectivity index (χ0n) is 16.0. The number of fused-ring (bicyclic) bond motifs is 1. The molecule has 146 valence electrons. The van der Waals surface area contributed by atoms with E-state index in [-0.39, 0.29) is 11.6 Å². The predicted molar refractivity (Wildman–Crippen MR) is 113 cm³/mol. The number of thioether (sulfide) groups is 1. The molecule has 0 saturated carbocycles. The molecule has 0 spiro atoms. The standard InChI is InChI=1S/C21H23N3O3S/c1-3-22(4-2)21(25)14-23-13-20(18-7-5-6-8-19(18)23)28-15-16-9-11-17(12-10-16)24(26)27/h5-13H,3-4,14-15H2,1-2H3. The quantitative estimate of drug-likeness (QED) is 0.314. The summed E-state index contributed by atoms with van der Waals surface area (Å²) in [6.07, 6.45) is 2.03.